The molecule has 0 aliphatic rings. The van der Waals surface area contributed by atoms with Gasteiger partial charge in [-0.25, -0.2) is 4.79 Å². The topological polar surface area (TPSA) is 64.3 Å². The summed E-state index contributed by atoms with van der Waals surface area (Å²) in [6.45, 7) is 13.7. The number of nitrogens with two attached hydrogens (primary N) is 1. The molecule has 0 fully saturated rings. The van der Waals surface area contributed by atoms with Crippen LogP contribution in [0.5, 0.6) is 0 Å². The summed E-state index contributed by atoms with van der Waals surface area (Å²) in [6.07, 6.45) is 1.33. The average Bonchev–Trinajstić information content (AvgIpc) is 2.56. The fourth-order valence-electron chi connectivity index (χ4n) is 2.87. The molecule has 0 heterocycles. The predicted octanol–water partition coefficient (Wildman–Crippen LogP) is 6.71. The molecule has 4 nitrogen and oxygen atoms in total. The number of benzene rings is 2. The van der Waals surface area contributed by atoms with Crippen molar-refractivity contribution in [2.75, 3.05) is 0 Å². The van der Waals surface area contributed by atoms with Gasteiger partial charge in [-0.2, -0.15) is 0 Å². The Balaban J connectivity index is 0.000000343. The Labute approximate surface area is 215 Å². The monoisotopic (exact) mass is 650 g/mol. The summed E-state index contributed by atoms with van der Waals surface area (Å²) in [6, 6.07) is 16.8. The smallest absolute Gasteiger partial charge is 0.408 e. The average molecular weight is 650 g/mol. The molecule has 0 radical (unpaired) electrons. The van der Waals surface area contributed by atoms with E-state index in [4.69, 9.17) is 10.5 Å². The standard InChI is InChI=1S/C15H22INO2.C10H14IN/c1-14(2,3)19-13(18)17-15(4,5)10-11-6-8-12(16)9-7-11;1-10(2,12)7-8-3-5-9(11)6-4-8/h6-9H,10H2,1-5H3,(H,17,18);3-6H,7,12H2,1-2H3. The molecule has 2 aromatic carbocycles. The Morgan fingerprint density at radius 2 is 1.19 bits per heavy atom. The van der Waals surface area contributed by atoms with E-state index < -0.39 is 5.60 Å². The van der Waals surface area contributed by atoms with Gasteiger partial charge < -0.3 is 15.8 Å². The molecule has 6 heteroatoms. The van der Waals surface area contributed by atoms with Crippen LogP contribution in [-0.4, -0.2) is 22.8 Å². The predicted molar refractivity (Wildman–Crippen MR) is 147 cm³/mol. The maximum Gasteiger partial charge on any atom is 0.408 e. The third kappa shape index (κ3) is 14.0. The quantitative estimate of drug-likeness (QED) is 0.354. The van der Waals surface area contributed by atoms with Crippen LogP contribution < -0.4 is 11.1 Å². The first-order valence-corrected chi connectivity index (χ1v) is 12.5. The van der Waals surface area contributed by atoms with E-state index in [1.54, 1.807) is 0 Å². The van der Waals surface area contributed by atoms with Crippen LogP contribution in [0.1, 0.15) is 59.6 Å². The molecule has 0 bridgehead atoms. The number of alkyl carbamates (subject to hydrolysis) is 1. The zero-order valence-corrected chi connectivity index (χ0v) is 24.0. The molecular formula is C25H36I2N2O2. The summed E-state index contributed by atoms with van der Waals surface area (Å²) in [5.74, 6) is 0. The van der Waals surface area contributed by atoms with Gasteiger partial charge in [-0.15, -0.1) is 0 Å². The lowest BCUT2D eigenvalue weighted by Gasteiger charge is -2.28. The van der Waals surface area contributed by atoms with E-state index in [9.17, 15) is 4.79 Å². The molecule has 0 saturated heterocycles. The van der Waals surface area contributed by atoms with E-state index in [0.717, 1.165) is 12.8 Å². The normalized spacial score (nSPS) is 11.9. The van der Waals surface area contributed by atoms with Crippen molar-refractivity contribution in [1.29, 1.82) is 0 Å². The van der Waals surface area contributed by atoms with Crippen molar-refractivity contribution in [2.24, 2.45) is 5.73 Å². The van der Waals surface area contributed by atoms with Crippen LogP contribution in [-0.2, 0) is 17.6 Å². The van der Waals surface area contributed by atoms with Gasteiger partial charge in [-0.05, 0) is 142 Å². The summed E-state index contributed by atoms with van der Waals surface area (Å²) >= 11 is 4.58. The SMILES string of the molecule is CC(C)(Cc1ccc(I)cc1)NC(=O)OC(C)(C)C.CC(C)(N)Cc1ccc(I)cc1. The van der Waals surface area contributed by atoms with Crippen molar-refractivity contribution in [2.45, 2.75) is 78.0 Å². The van der Waals surface area contributed by atoms with Crippen LogP contribution in [0.2, 0.25) is 0 Å². The molecule has 0 saturated carbocycles. The van der Waals surface area contributed by atoms with Crippen molar-refractivity contribution >= 4 is 51.3 Å². The summed E-state index contributed by atoms with van der Waals surface area (Å²) in [4.78, 5) is 11.8. The minimum absolute atomic E-state index is 0.104. The number of amides is 1. The minimum Gasteiger partial charge on any atom is -0.444 e. The fourth-order valence-corrected chi connectivity index (χ4v) is 3.58. The van der Waals surface area contributed by atoms with Gasteiger partial charge in [-0.3, -0.25) is 0 Å². The van der Waals surface area contributed by atoms with Crippen molar-refractivity contribution in [1.82, 2.24) is 5.32 Å². The van der Waals surface area contributed by atoms with Gasteiger partial charge in [0.2, 0.25) is 0 Å². The van der Waals surface area contributed by atoms with Crippen molar-refractivity contribution in [3.05, 3.63) is 66.8 Å². The van der Waals surface area contributed by atoms with E-state index in [2.05, 4.69) is 99.0 Å². The van der Waals surface area contributed by atoms with Crippen LogP contribution in [0.15, 0.2) is 48.5 Å². The van der Waals surface area contributed by atoms with Gasteiger partial charge in [-0.1, -0.05) is 24.3 Å². The number of carbonyl (C=O) groups is 1. The molecular weight excluding hydrogens is 614 g/mol. The van der Waals surface area contributed by atoms with Crippen LogP contribution in [0, 0.1) is 7.14 Å². The molecule has 31 heavy (non-hydrogen) atoms. The lowest BCUT2D eigenvalue weighted by atomic mass is 9.95. The Morgan fingerprint density at radius 1 is 0.806 bits per heavy atom. The highest BCUT2D eigenvalue weighted by molar-refractivity contribution is 14.1. The third-order valence-corrected chi connectivity index (χ3v) is 5.41. The molecule has 0 aliphatic carbocycles. The van der Waals surface area contributed by atoms with E-state index in [-0.39, 0.29) is 17.2 Å². The molecule has 0 spiro atoms. The second kappa shape index (κ2) is 11.8. The first-order valence-electron chi connectivity index (χ1n) is 10.3. The maximum absolute atomic E-state index is 11.8. The van der Waals surface area contributed by atoms with Gasteiger partial charge in [0, 0.05) is 18.2 Å². The Kier molecular flexibility index (Phi) is 10.8. The Hall–Kier alpha value is -0.870. The van der Waals surface area contributed by atoms with Gasteiger partial charge in [0.15, 0.2) is 0 Å². The number of carbonyl (C=O) groups excluding carboxylic acids is 1. The molecule has 0 aliphatic heterocycles. The zero-order valence-electron chi connectivity index (χ0n) is 19.7. The molecule has 3 N–H and O–H groups in total. The summed E-state index contributed by atoms with van der Waals surface area (Å²) < 4.78 is 7.76. The van der Waals surface area contributed by atoms with Crippen LogP contribution in [0.3, 0.4) is 0 Å². The lowest BCUT2D eigenvalue weighted by molar-refractivity contribution is 0.0472. The summed E-state index contributed by atoms with van der Waals surface area (Å²) in [5, 5.41) is 2.91. The van der Waals surface area contributed by atoms with E-state index >= 15 is 0 Å². The van der Waals surface area contributed by atoms with Gasteiger partial charge in [0.05, 0.1) is 0 Å². The number of ether oxygens (including phenoxy) is 1. The largest absolute Gasteiger partial charge is 0.444 e. The first kappa shape index (κ1) is 28.2. The Morgan fingerprint density at radius 3 is 1.55 bits per heavy atom. The maximum atomic E-state index is 11.8. The zero-order chi connectivity index (χ0) is 23.9. The minimum atomic E-state index is -0.469. The highest BCUT2D eigenvalue weighted by atomic mass is 127. The molecule has 0 unspecified atom stereocenters. The summed E-state index contributed by atoms with van der Waals surface area (Å²) in [7, 11) is 0. The van der Waals surface area contributed by atoms with Gasteiger partial charge in [0.1, 0.15) is 5.60 Å². The third-order valence-electron chi connectivity index (χ3n) is 3.97. The van der Waals surface area contributed by atoms with E-state index in [1.165, 1.54) is 18.3 Å². The number of hydrogen-bond acceptors (Lipinski definition) is 3. The lowest BCUT2D eigenvalue weighted by Crippen LogP contribution is -2.47. The highest BCUT2D eigenvalue weighted by Crippen LogP contribution is 2.16. The number of rotatable bonds is 5. The van der Waals surface area contributed by atoms with Crippen LogP contribution in [0.4, 0.5) is 4.79 Å². The van der Waals surface area contributed by atoms with Crippen molar-refractivity contribution < 1.29 is 9.53 Å². The molecule has 2 rings (SSSR count). The number of halogens is 2. The Bertz CT molecular complexity index is 819. The molecule has 0 atom stereocenters. The van der Waals surface area contributed by atoms with Gasteiger partial charge >= 0.3 is 6.09 Å². The molecule has 0 aromatic heterocycles. The van der Waals surface area contributed by atoms with Crippen molar-refractivity contribution in [3.8, 4) is 0 Å². The number of hydrogen-bond donors (Lipinski definition) is 2. The molecule has 1 amide bonds. The van der Waals surface area contributed by atoms with Crippen LogP contribution in [0.25, 0.3) is 0 Å². The second-order valence-electron chi connectivity index (χ2n) is 10.1. The summed E-state index contributed by atoms with van der Waals surface area (Å²) in [5.41, 5.74) is 7.50. The van der Waals surface area contributed by atoms with E-state index in [0.29, 0.717) is 0 Å². The molecule has 172 valence electrons. The van der Waals surface area contributed by atoms with E-state index in [1.807, 2.05) is 48.5 Å². The fraction of sp³-hybridized carbons (Fsp3) is 0.480. The molecule has 2 aromatic rings. The van der Waals surface area contributed by atoms with Crippen LogP contribution >= 0.6 is 45.2 Å². The second-order valence-corrected chi connectivity index (χ2v) is 12.6. The highest BCUT2D eigenvalue weighted by Gasteiger charge is 2.24. The van der Waals surface area contributed by atoms with Gasteiger partial charge in [0.25, 0.3) is 0 Å². The number of nitrogens with one attached hydrogen (secondary N) is 1. The first-order chi connectivity index (χ1) is 14.0. The van der Waals surface area contributed by atoms with Crippen molar-refractivity contribution in [3.63, 3.8) is 0 Å².